The Kier molecular flexibility index (Phi) is 4.48. The molecule has 0 saturated heterocycles. The highest BCUT2D eigenvalue weighted by atomic mass is 32.2. The van der Waals surface area contributed by atoms with Crippen LogP contribution < -0.4 is 11.1 Å². The summed E-state index contributed by atoms with van der Waals surface area (Å²) in [5.41, 5.74) is 7.82. The highest BCUT2D eigenvalue weighted by molar-refractivity contribution is 8.13. The van der Waals surface area contributed by atoms with Gasteiger partial charge in [-0.05, 0) is 32.4 Å². The summed E-state index contributed by atoms with van der Waals surface area (Å²) >= 11 is 1.54. The maximum atomic E-state index is 12.3. The van der Waals surface area contributed by atoms with Crippen molar-refractivity contribution in [2.45, 2.75) is 25.8 Å². The number of hydrogen-bond donors (Lipinski definition) is 2. The summed E-state index contributed by atoms with van der Waals surface area (Å²) in [6, 6.07) is 3.56. The summed E-state index contributed by atoms with van der Waals surface area (Å²) in [5.74, 6) is 0.579. The fraction of sp³-hybridized carbons (Fsp3) is 0.312. The summed E-state index contributed by atoms with van der Waals surface area (Å²) in [7, 11) is 0. The molecule has 3 heterocycles. The number of amides is 1. The second kappa shape index (κ2) is 6.56. The van der Waals surface area contributed by atoms with Crippen molar-refractivity contribution in [3.8, 4) is 0 Å². The van der Waals surface area contributed by atoms with E-state index < -0.39 is 5.54 Å². The molecule has 2 aromatic heterocycles. The zero-order valence-electron chi connectivity index (χ0n) is 13.5. The van der Waals surface area contributed by atoms with Crippen molar-refractivity contribution in [1.29, 1.82) is 0 Å². The third kappa shape index (κ3) is 3.53. The van der Waals surface area contributed by atoms with E-state index in [1.54, 1.807) is 30.2 Å². The van der Waals surface area contributed by atoms with Gasteiger partial charge in [0.15, 0.2) is 5.17 Å². The number of aromatic nitrogens is 3. The molecule has 0 spiro atoms. The molecule has 0 radical (unpaired) electrons. The van der Waals surface area contributed by atoms with E-state index in [9.17, 15) is 4.79 Å². The number of aryl methyl sites for hydroxylation is 1. The lowest BCUT2D eigenvalue weighted by molar-refractivity contribution is 0.102. The quantitative estimate of drug-likeness (QED) is 0.885. The molecule has 0 saturated carbocycles. The molecule has 1 amide bonds. The molecule has 0 aromatic carbocycles. The monoisotopic (exact) mass is 342 g/mol. The zero-order valence-corrected chi connectivity index (χ0v) is 14.3. The number of carbonyl (C=O) groups excluding carboxylic acids is 1. The first-order valence-corrected chi connectivity index (χ1v) is 8.49. The number of anilines is 1. The number of amidine groups is 1. The van der Waals surface area contributed by atoms with Crippen LogP contribution in [0.4, 0.5) is 5.69 Å². The molecule has 0 unspecified atom stereocenters. The molecule has 1 atom stereocenters. The van der Waals surface area contributed by atoms with Gasteiger partial charge in [-0.25, -0.2) is 9.98 Å². The van der Waals surface area contributed by atoms with Crippen molar-refractivity contribution in [2.75, 3.05) is 11.1 Å². The van der Waals surface area contributed by atoms with E-state index in [0.29, 0.717) is 10.9 Å². The summed E-state index contributed by atoms with van der Waals surface area (Å²) in [5, 5.41) is 3.38. The van der Waals surface area contributed by atoms with E-state index in [2.05, 4.69) is 25.3 Å². The van der Waals surface area contributed by atoms with E-state index in [0.717, 1.165) is 23.6 Å². The Morgan fingerprint density at radius 3 is 2.88 bits per heavy atom. The van der Waals surface area contributed by atoms with Crippen molar-refractivity contribution >= 4 is 28.5 Å². The van der Waals surface area contributed by atoms with Gasteiger partial charge < -0.3 is 11.1 Å². The van der Waals surface area contributed by atoms with Gasteiger partial charge in [0.25, 0.3) is 5.91 Å². The molecule has 7 nitrogen and oxygen atoms in total. The number of nitrogens with zero attached hydrogens (tertiary/aromatic N) is 4. The van der Waals surface area contributed by atoms with Gasteiger partial charge >= 0.3 is 0 Å². The Bertz CT molecular complexity index is 791. The second-order valence-electron chi connectivity index (χ2n) is 5.75. The molecule has 0 bridgehead atoms. The summed E-state index contributed by atoms with van der Waals surface area (Å²) < 4.78 is 0. The number of pyridine rings is 1. The first-order valence-electron chi connectivity index (χ1n) is 7.51. The van der Waals surface area contributed by atoms with Crippen LogP contribution in [-0.2, 0) is 5.54 Å². The molecule has 0 fully saturated rings. The Morgan fingerprint density at radius 2 is 2.17 bits per heavy atom. The van der Waals surface area contributed by atoms with E-state index in [-0.39, 0.29) is 11.6 Å². The Hall–Kier alpha value is -2.48. The summed E-state index contributed by atoms with van der Waals surface area (Å²) in [6.07, 6.45) is 5.51. The molecule has 24 heavy (non-hydrogen) atoms. The number of hydrogen-bond acceptors (Lipinski definition) is 7. The van der Waals surface area contributed by atoms with Crippen molar-refractivity contribution in [3.05, 3.63) is 47.8 Å². The maximum Gasteiger partial charge on any atom is 0.275 e. The lowest BCUT2D eigenvalue weighted by Gasteiger charge is -2.28. The minimum absolute atomic E-state index is 0.265. The van der Waals surface area contributed by atoms with Crippen LogP contribution >= 0.6 is 11.8 Å². The molecule has 3 rings (SSSR count). The topological polar surface area (TPSA) is 106 Å². The van der Waals surface area contributed by atoms with Crippen molar-refractivity contribution in [2.24, 2.45) is 10.7 Å². The number of nitrogens with two attached hydrogens (primary N) is 1. The highest BCUT2D eigenvalue weighted by Gasteiger charge is 2.31. The van der Waals surface area contributed by atoms with Gasteiger partial charge in [-0.3, -0.25) is 14.8 Å². The number of carbonyl (C=O) groups is 1. The van der Waals surface area contributed by atoms with E-state index >= 15 is 0 Å². The van der Waals surface area contributed by atoms with Crippen LogP contribution in [0.1, 0.15) is 35.2 Å². The first-order chi connectivity index (χ1) is 11.5. The molecule has 124 valence electrons. The van der Waals surface area contributed by atoms with Crippen LogP contribution in [0, 0.1) is 6.92 Å². The Labute approximate surface area is 144 Å². The average molecular weight is 342 g/mol. The van der Waals surface area contributed by atoms with Gasteiger partial charge in [-0.2, -0.15) is 0 Å². The fourth-order valence-electron chi connectivity index (χ4n) is 2.38. The van der Waals surface area contributed by atoms with Crippen molar-refractivity contribution < 1.29 is 4.79 Å². The SMILES string of the molecule is Cc1cnc(C(=O)Nc2ccnc([C@]3(C)CCSC(N)=N3)c2)cn1. The van der Waals surface area contributed by atoms with Crippen LogP contribution in [0.15, 0.2) is 35.7 Å². The molecule has 1 aliphatic rings. The van der Waals surface area contributed by atoms with Gasteiger partial charge in [0.2, 0.25) is 0 Å². The summed E-state index contributed by atoms with van der Waals surface area (Å²) in [4.78, 5) is 29.4. The predicted octanol–water partition coefficient (Wildman–Crippen LogP) is 2.10. The molecule has 2 aromatic rings. The smallest absolute Gasteiger partial charge is 0.275 e. The van der Waals surface area contributed by atoms with Crippen molar-refractivity contribution in [1.82, 2.24) is 15.0 Å². The standard InChI is InChI=1S/C16H18N6OS/c1-10-8-20-12(9-19-10)14(23)21-11-3-5-18-13(7-11)16(2)4-6-24-15(17)22-16/h3,5,7-9H,4,6H2,1-2H3,(H2,17,22)(H,18,21,23)/t16-/m0/s1. The second-order valence-corrected chi connectivity index (χ2v) is 6.86. The van der Waals surface area contributed by atoms with E-state index in [1.807, 2.05) is 19.9 Å². The molecule has 8 heteroatoms. The van der Waals surface area contributed by atoms with Gasteiger partial charge in [0.1, 0.15) is 11.2 Å². The molecule has 0 aliphatic carbocycles. The number of thioether (sulfide) groups is 1. The lowest BCUT2D eigenvalue weighted by atomic mass is 9.94. The molecular weight excluding hydrogens is 324 g/mol. The number of aliphatic imine (C=N–C) groups is 1. The van der Waals surface area contributed by atoms with E-state index in [1.165, 1.54) is 6.20 Å². The van der Waals surface area contributed by atoms with Crippen molar-refractivity contribution in [3.63, 3.8) is 0 Å². The van der Waals surface area contributed by atoms with Crippen LogP contribution in [0.2, 0.25) is 0 Å². The van der Waals surface area contributed by atoms with Crippen LogP contribution in [-0.4, -0.2) is 31.8 Å². The zero-order chi connectivity index (χ0) is 17.2. The van der Waals surface area contributed by atoms with Crippen LogP contribution in [0.3, 0.4) is 0 Å². The third-order valence-electron chi connectivity index (χ3n) is 3.78. The maximum absolute atomic E-state index is 12.3. The van der Waals surface area contributed by atoms with Crippen LogP contribution in [0.5, 0.6) is 0 Å². The average Bonchev–Trinajstić information content (AvgIpc) is 2.55. The summed E-state index contributed by atoms with van der Waals surface area (Å²) in [6.45, 7) is 3.82. The lowest BCUT2D eigenvalue weighted by Crippen LogP contribution is -2.29. The largest absolute Gasteiger partial charge is 0.379 e. The minimum Gasteiger partial charge on any atom is -0.379 e. The predicted molar refractivity (Wildman–Crippen MR) is 95.0 cm³/mol. The number of rotatable bonds is 3. The van der Waals surface area contributed by atoms with Gasteiger partial charge in [-0.1, -0.05) is 11.8 Å². The van der Waals surface area contributed by atoms with Gasteiger partial charge in [0.05, 0.1) is 17.6 Å². The minimum atomic E-state index is -0.472. The Morgan fingerprint density at radius 1 is 1.33 bits per heavy atom. The number of nitrogens with one attached hydrogen (secondary N) is 1. The first kappa shape index (κ1) is 16.4. The molecule has 1 aliphatic heterocycles. The van der Waals surface area contributed by atoms with E-state index in [4.69, 9.17) is 5.73 Å². The highest BCUT2D eigenvalue weighted by Crippen LogP contribution is 2.34. The van der Waals surface area contributed by atoms with Crippen LogP contribution in [0.25, 0.3) is 0 Å². The molecule has 3 N–H and O–H groups in total. The Balaban J connectivity index is 1.82. The van der Waals surface area contributed by atoms with Gasteiger partial charge in [0, 0.05) is 23.8 Å². The normalized spacial score (nSPS) is 20.3. The third-order valence-corrected chi connectivity index (χ3v) is 4.57. The fourth-order valence-corrected chi connectivity index (χ4v) is 3.35. The molecular formula is C16H18N6OS. The van der Waals surface area contributed by atoms with Gasteiger partial charge in [-0.15, -0.1) is 0 Å².